The molecule has 0 aliphatic carbocycles. The molecule has 5 nitrogen and oxygen atoms in total. The predicted molar refractivity (Wildman–Crippen MR) is 107 cm³/mol. The number of halogens is 1. The molecule has 0 fully saturated rings. The van der Waals surface area contributed by atoms with E-state index in [2.05, 4.69) is 10.6 Å². The number of hydrogen-bond donors (Lipinski definition) is 2. The van der Waals surface area contributed by atoms with Gasteiger partial charge in [-0.25, -0.2) is 4.39 Å². The highest BCUT2D eigenvalue weighted by Crippen LogP contribution is 2.21. The van der Waals surface area contributed by atoms with E-state index in [1.54, 1.807) is 48.5 Å². The molecule has 0 aliphatic heterocycles. The minimum Gasteiger partial charge on any atom is -0.459 e. The van der Waals surface area contributed by atoms with Crippen molar-refractivity contribution in [3.63, 3.8) is 0 Å². The lowest BCUT2D eigenvalue weighted by Gasteiger charge is -2.08. The maximum absolute atomic E-state index is 13.5. The number of benzene rings is 2. The Bertz CT molecular complexity index is 944. The molecule has 0 unspecified atom stereocenters. The van der Waals surface area contributed by atoms with Crippen LogP contribution in [0.4, 0.5) is 10.1 Å². The van der Waals surface area contributed by atoms with Gasteiger partial charge in [-0.2, -0.15) is 0 Å². The summed E-state index contributed by atoms with van der Waals surface area (Å²) in [6.45, 7) is 0.341. The highest BCUT2D eigenvalue weighted by atomic mass is 32.2. The predicted octanol–water partition coefficient (Wildman–Crippen LogP) is 4.47. The topological polar surface area (TPSA) is 71.3 Å². The summed E-state index contributed by atoms with van der Waals surface area (Å²) in [6, 6.07) is 16.9. The second kappa shape index (κ2) is 9.75. The van der Waals surface area contributed by atoms with Gasteiger partial charge in [-0.3, -0.25) is 9.59 Å². The number of anilines is 1. The molecule has 1 aromatic heterocycles. The van der Waals surface area contributed by atoms with E-state index in [0.29, 0.717) is 22.9 Å². The second-order valence-electron chi connectivity index (χ2n) is 5.94. The third-order valence-corrected chi connectivity index (χ3v) is 4.89. The van der Waals surface area contributed by atoms with Crippen molar-refractivity contribution in [2.24, 2.45) is 0 Å². The number of amides is 2. The van der Waals surface area contributed by atoms with Crippen molar-refractivity contribution in [1.82, 2.24) is 5.32 Å². The van der Waals surface area contributed by atoms with Crippen LogP contribution >= 0.6 is 11.8 Å². The molecular formula is C21H19FN2O3S. The monoisotopic (exact) mass is 398 g/mol. The van der Waals surface area contributed by atoms with Crippen LogP contribution in [0.5, 0.6) is 0 Å². The van der Waals surface area contributed by atoms with E-state index >= 15 is 0 Å². The minimum absolute atomic E-state index is 0.117. The third kappa shape index (κ3) is 5.72. The Kier molecular flexibility index (Phi) is 6.86. The van der Waals surface area contributed by atoms with E-state index in [4.69, 9.17) is 4.42 Å². The van der Waals surface area contributed by atoms with Gasteiger partial charge in [0.2, 0.25) is 5.91 Å². The fraction of sp³-hybridized carbons (Fsp3) is 0.143. The molecular weight excluding hydrogens is 379 g/mol. The fourth-order valence-corrected chi connectivity index (χ4v) is 3.35. The number of furan rings is 1. The van der Waals surface area contributed by atoms with Crippen molar-refractivity contribution in [3.8, 4) is 0 Å². The summed E-state index contributed by atoms with van der Waals surface area (Å²) < 4.78 is 18.6. The maximum Gasteiger partial charge on any atom is 0.291 e. The molecule has 0 saturated heterocycles. The van der Waals surface area contributed by atoms with Gasteiger partial charge in [-0.1, -0.05) is 24.3 Å². The Morgan fingerprint density at radius 2 is 1.89 bits per heavy atom. The van der Waals surface area contributed by atoms with Crippen LogP contribution in [0.1, 0.15) is 22.5 Å². The van der Waals surface area contributed by atoms with E-state index in [-0.39, 0.29) is 29.8 Å². The molecule has 2 amide bonds. The number of rotatable bonds is 8. The molecule has 2 N–H and O–H groups in total. The lowest BCUT2D eigenvalue weighted by atomic mass is 10.2. The zero-order chi connectivity index (χ0) is 19.8. The zero-order valence-electron chi connectivity index (χ0n) is 15.0. The highest BCUT2D eigenvalue weighted by Gasteiger charge is 2.09. The number of thioether (sulfide) groups is 1. The number of nitrogens with one attached hydrogen (secondary N) is 2. The van der Waals surface area contributed by atoms with E-state index in [0.717, 1.165) is 5.56 Å². The summed E-state index contributed by atoms with van der Waals surface area (Å²) >= 11 is 1.31. The number of hydrogen-bond acceptors (Lipinski definition) is 4. The Morgan fingerprint density at radius 3 is 2.68 bits per heavy atom. The van der Waals surface area contributed by atoms with Gasteiger partial charge in [0.25, 0.3) is 5.91 Å². The van der Waals surface area contributed by atoms with Crippen LogP contribution in [0.25, 0.3) is 0 Å². The first-order valence-corrected chi connectivity index (χ1v) is 9.68. The van der Waals surface area contributed by atoms with Crippen LogP contribution in [-0.4, -0.2) is 17.6 Å². The molecule has 0 bridgehead atoms. The molecule has 3 rings (SSSR count). The molecule has 28 heavy (non-hydrogen) atoms. The molecule has 0 spiro atoms. The third-order valence-electron chi connectivity index (χ3n) is 3.84. The zero-order valence-corrected chi connectivity index (χ0v) is 15.8. The summed E-state index contributed by atoms with van der Waals surface area (Å²) in [5.41, 5.74) is 1.47. The van der Waals surface area contributed by atoms with Crippen molar-refractivity contribution < 1.29 is 18.4 Å². The van der Waals surface area contributed by atoms with Crippen LogP contribution in [-0.2, 0) is 11.3 Å². The summed E-state index contributed by atoms with van der Waals surface area (Å²) in [5, 5.41) is 5.58. The average molecular weight is 398 g/mol. The molecule has 2 aromatic carbocycles. The quantitative estimate of drug-likeness (QED) is 0.549. The van der Waals surface area contributed by atoms with Gasteiger partial charge in [0.1, 0.15) is 5.82 Å². The Balaban J connectivity index is 1.44. The van der Waals surface area contributed by atoms with E-state index in [9.17, 15) is 14.0 Å². The van der Waals surface area contributed by atoms with E-state index in [1.165, 1.54) is 24.1 Å². The smallest absolute Gasteiger partial charge is 0.291 e. The van der Waals surface area contributed by atoms with Gasteiger partial charge in [0, 0.05) is 29.3 Å². The first-order valence-electron chi connectivity index (χ1n) is 8.69. The Labute approximate surface area is 166 Å². The van der Waals surface area contributed by atoms with E-state index < -0.39 is 0 Å². The van der Waals surface area contributed by atoms with Crippen molar-refractivity contribution in [2.45, 2.75) is 17.9 Å². The normalized spacial score (nSPS) is 10.5. The van der Waals surface area contributed by atoms with E-state index in [1.807, 2.05) is 6.07 Å². The first-order chi connectivity index (χ1) is 13.6. The van der Waals surface area contributed by atoms with Crippen molar-refractivity contribution in [2.75, 3.05) is 11.1 Å². The van der Waals surface area contributed by atoms with Gasteiger partial charge < -0.3 is 15.1 Å². The lowest BCUT2D eigenvalue weighted by Crippen LogP contribution is -2.23. The second-order valence-corrected chi connectivity index (χ2v) is 7.07. The van der Waals surface area contributed by atoms with Crippen molar-refractivity contribution >= 4 is 29.3 Å². The standard InChI is InChI=1S/C21H19FN2O3S/c22-17-7-1-2-9-19(17)28-12-10-20(25)23-14-15-5-3-6-16(13-15)24-21(26)18-8-4-11-27-18/h1-9,11,13H,10,12,14H2,(H,23,25)(H,24,26). The molecule has 0 saturated carbocycles. The maximum atomic E-state index is 13.5. The lowest BCUT2D eigenvalue weighted by molar-refractivity contribution is -0.120. The molecule has 0 atom stereocenters. The van der Waals surface area contributed by atoms with Gasteiger partial charge in [0.15, 0.2) is 5.76 Å². The summed E-state index contributed by atoms with van der Waals surface area (Å²) in [5.74, 6) is -0.0102. The average Bonchev–Trinajstić information content (AvgIpc) is 3.23. The van der Waals surface area contributed by atoms with Crippen molar-refractivity contribution in [1.29, 1.82) is 0 Å². The fourth-order valence-electron chi connectivity index (χ4n) is 2.46. The highest BCUT2D eigenvalue weighted by molar-refractivity contribution is 7.99. The summed E-state index contributed by atoms with van der Waals surface area (Å²) in [4.78, 5) is 24.6. The molecule has 3 aromatic rings. The summed E-state index contributed by atoms with van der Waals surface area (Å²) in [7, 11) is 0. The molecule has 7 heteroatoms. The van der Waals surface area contributed by atoms with Crippen molar-refractivity contribution in [3.05, 3.63) is 84.1 Å². The van der Waals surface area contributed by atoms with Crippen LogP contribution in [0.15, 0.2) is 76.2 Å². The molecule has 144 valence electrons. The SMILES string of the molecule is O=C(CCSc1ccccc1F)NCc1cccc(NC(=O)c2ccco2)c1. The molecule has 0 aliphatic rings. The minimum atomic E-state index is -0.337. The summed E-state index contributed by atoms with van der Waals surface area (Å²) in [6.07, 6.45) is 1.72. The molecule has 1 heterocycles. The Morgan fingerprint density at radius 1 is 1.04 bits per heavy atom. The van der Waals surface area contributed by atoms with Crippen LogP contribution in [0.3, 0.4) is 0 Å². The first kappa shape index (κ1) is 19.7. The number of carbonyl (C=O) groups is 2. The largest absolute Gasteiger partial charge is 0.459 e. The Hall–Kier alpha value is -3.06. The van der Waals surface area contributed by atoms with Crippen LogP contribution < -0.4 is 10.6 Å². The van der Waals surface area contributed by atoms with Gasteiger partial charge >= 0.3 is 0 Å². The van der Waals surface area contributed by atoms with Gasteiger partial charge in [0.05, 0.1) is 6.26 Å². The van der Waals surface area contributed by atoms with Crippen LogP contribution in [0.2, 0.25) is 0 Å². The molecule has 0 radical (unpaired) electrons. The number of carbonyl (C=O) groups excluding carboxylic acids is 2. The van der Waals surface area contributed by atoms with Gasteiger partial charge in [-0.05, 0) is 42.0 Å². The van der Waals surface area contributed by atoms with Gasteiger partial charge in [-0.15, -0.1) is 11.8 Å². The van der Waals surface area contributed by atoms with Crippen LogP contribution in [0, 0.1) is 5.82 Å².